The fourth-order valence-corrected chi connectivity index (χ4v) is 1.81. The van der Waals surface area contributed by atoms with Crippen molar-refractivity contribution in [1.82, 2.24) is 15.6 Å². The van der Waals surface area contributed by atoms with Gasteiger partial charge >= 0.3 is 0 Å². The standard InChI is InChI=1S/C12H16N4O2/c1-13-8-2-4-10(14-6-8)12(18)15-7-9-3-5-11(17)16-9/h2,4,6,9,13H,3,5,7H2,1H3,(H,15,18)(H,16,17). The van der Waals surface area contributed by atoms with Gasteiger partial charge in [-0.2, -0.15) is 0 Å². The van der Waals surface area contributed by atoms with Crippen LogP contribution in [0, 0.1) is 0 Å². The van der Waals surface area contributed by atoms with Gasteiger partial charge in [-0.3, -0.25) is 9.59 Å². The maximum absolute atomic E-state index is 11.8. The molecule has 3 N–H and O–H groups in total. The largest absolute Gasteiger partial charge is 0.387 e. The van der Waals surface area contributed by atoms with E-state index in [0.717, 1.165) is 12.1 Å². The lowest BCUT2D eigenvalue weighted by Gasteiger charge is -2.11. The first-order chi connectivity index (χ1) is 8.69. The average molecular weight is 248 g/mol. The third-order valence-corrected chi connectivity index (χ3v) is 2.88. The molecule has 0 saturated carbocycles. The van der Waals surface area contributed by atoms with Crippen molar-refractivity contribution in [2.75, 3.05) is 18.9 Å². The van der Waals surface area contributed by atoms with E-state index in [4.69, 9.17) is 0 Å². The van der Waals surface area contributed by atoms with Crippen LogP contribution in [0.4, 0.5) is 5.69 Å². The summed E-state index contributed by atoms with van der Waals surface area (Å²) in [6.45, 7) is 0.444. The van der Waals surface area contributed by atoms with Crippen LogP contribution in [-0.4, -0.2) is 36.4 Å². The van der Waals surface area contributed by atoms with Gasteiger partial charge in [-0.1, -0.05) is 0 Å². The Labute approximate surface area is 105 Å². The van der Waals surface area contributed by atoms with E-state index < -0.39 is 0 Å². The Morgan fingerprint density at radius 3 is 2.94 bits per heavy atom. The normalized spacial score (nSPS) is 18.3. The Morgan fingerprint density at radius 1 is 1.56 bits per heavy atom. The van der Waals surface area contributed by atoms with Crippen LogP contribution in [0.1, 0.15) is 23.3 Å². The molecule has 18 heavy (non-hydrogen) atoms. The van der Waals surface area contributed by atoms with Crippen LogP contribution in [0.25, 0.3) is 0 Å². The Kier molecular flexibility index (Phi) is 3.76. The first-order valence-corrected chi connectivity index (χ1v) is 5.90. The molecule has 6 heteroatoms. The molecule has 2 rings (SSSR count). The summed E-state index contributed by atoms with van der Waals surface area (Å²) >= 11 is 0. The predicted octanol–water partition coefficient (Wildman–Crippen LogP) is 0.132. The number of pyridine rings is 1. The zero-order chi connectivity index (χ0) is 13.0. The van der Waals surface area contributed by atoms with E-state index in [1.807, 2.05) is 0 Å². The highest BCUT2D eigenvalue weighted by Crippen LogP contribution is 2.07. The average Bonchev–Trinajstić information content (AvgIpc) is 2.82. The van der Waals surface area contributed by atoms with E-state index >= 15 is 0 Å². The van der Waals surface area contributed by atoms with Crippen LogP contribution in [0.15, 0.2) is 18.3 Å². The summed E-state index contributed by atoms with van der Waals surface area (Å²) in [5.41, 5.74) is 1.23. The maximum Gasteiger partial charge on any atom is 0.269 e. The van der Waals surface area contributed by atoms with Gasteiger partial charge in [0.25, 0.3) is 5.91 Å². The van der Waals surface area contributed by atoms with E-state index in [2.05, 4.69) is 20.9 Å². The monoisotopic (exact) mass is 248 g/mol. The van der Waals surface area contributed by atoms with Crippen molar-refractivity contribution in [3.8, 4) is 0 Å². The van der Waals surface area contributed by atoms with E-state index in [-0.39, 0.29) is 17.9 Å². The topological polar surface area (TPSA) is 83.1 Å². The fourth-order valence-electron chi connectivity index (χ4n) is 1.81. The van der Waals surface area contributed by atoms with Crippen molar-refractivity contribution in [2.24, 2.45) is 0 Å². The van der Waals surface area contributed by atoms with Crippen LogP contribution < -0.4 is 16.0 Å². The Bertz CT molecular complexity index is 444. The van der Waals surface area contributed by atoms with Crippen LogP contribution in [0.3, 0.4) is 0 Å². The SMILES string of the molecule is CNc1ccc(C(=O)NCC2CCC(=O)N2)nc1. The molecular weight excluding hydrogens is 232 g/mol. The number of carbonyl (C=O) groups is 2. The first kappa shape index (κ1) is 12.3. The maximum atomic E-state index is 11.8. The minimum atomic E-state index is -0.223. The third-order valence-electron chi connectivity index (χ3n) is 2.88. The summed E-state index contributed by atoms with van der Waals surface area (Å²) in [4.78, 5) is 26.8. The molecule has 0 aliphatic carbocycles. The van der Waals surface area contributed by atoms with Crippen molar-refractivity contribution >= 4 is 17.5 Å². The van der Waals surface area contributed by atoms with Gasteiger partial charge in [0, 0.05) is 26.1 Å². The number of nitrogens with one attached hydrogen (secondary N) is 3. The van der Waals surface area contributed by atoms with Crippen LogP contribution in [-0.2, 0) is 4.79 Å². The van der Waals surface area contributed by atoms with Gasteiger partial charge in [-0.15, -0.1) is 0 Å². The van der Waals surface area contributed by atoms with Crippen molar-refractivity contribution < 1.29 is 9.59 Å². The zero-order valence-corrected chi connectivity index (χ0v) is 10.2. The minimum Gasteiger partial charge on any atom is -0.387 e. The summed E-state index contributed by atoms with van der Waals surface area (Å²) in [5, 5.41) is 8.49. The first-order valence-electron chi connectivity index (χ1n) is 5.90. The highest BCUT2D eigenvalue weighted by Gasteiger charge is 2.21. The molecular formula is C12H16N4O2. The molecule has 1 aromatic heterocycles. The molecule has 0 aromatic carbocycles. The second-order valence-electron chi connectivity index (χ2n) is 4.20. The molecule has 1 fully saturated rings. The van der Waals surface area contributed by atoms with E-state index in [1.165, 1.54) is 0 Å². The molecule has 1 aliphatic heterocycles. The summed E-state index contributed by atoms with van der Waals surface area (Å²) in [7, 11) is 1.79. The number of amides is 2. The van der Waals surface area contributed by atoms with E-state index in [9.17, 15) is 9.59 Å². The van der Waals surface area contributed by atoms with Gasteiger partial charge in [0.2, 0.25) is 5.91 Å². The molecule has 0 bridgehead atoms. The van der Waals surface area contributed by atoms with Crippen molar-refractivity contribution in [2.45, 2.75) is 18.9 Å². The van der Waals surface area contributed by atoms with Gasteiger partial charge < -0.3 is 16.0 Å². The number of rotatable bonds is 4. The van der Waals surface area contributed by atoms with Gasteiger partial charge in [0.15, 0.2) is 0 Å². The summed E-state index contributed by atoms with van der Waals surface area (Å²) in [6.07, 6.45) is 2.91. The lowest BCUT2D eigenvalue weighted by molar-refractivity contribution is -0.119. The van der Waals surface area contributed by atoms with Crippen molar-refractivity contribution in [3.63, 3.8) is 0 Å². The number of aromatic nitrogens is 1. The molecule has 1 atom stereocenters. The second kappa shape index (κ2) is 5.48. The van der Waals surface area contributed by atoms with Crippen molar-refractivity contribution in [3.05, 3.63) is 24.0 Å². The predicted molar refractivity (Wildman–Crippen MR) is 67.3 cm³/mol. The van der Waals surface area contributed by atoms with E-state index in [0.29, 0.717) is 18.7 Å². The Morgan fingerprint density at radius 2 is 2.39 bits per heavy atom. The smallest absolute Gasteiger partial charge is 0.269 e. The minimum absolute atomic E-state index is 0.0398. The second-order valence-corrected chi connectivity index (χ2v) is 4.20. The zero-order valence-electron chi connectivity index (χ0n) is 10.2. The van der Waals surface area contributed by atoms with Crippen LogP contribution in [0.5, 0.6) is 0 Å². The molecule has 96 valence electrons. The summed E-state index contributed by atoms with van der Waals surface area (Å²) in [5.74, 6) is -0.176. The number of carbonyl (C=O) groups excluding carboxylic acids is 2. The number of hydrogen-bond donors (Lipinski definition) is 3. The molecule has 0 spiro atoms. The van der Waals surface area contributed by atoms with Gasteiger partial charge in [-0.25, -0.2) is 4.98 Å². The molecule has 1 unspecified atom stereocenters. The fraction of sp³-hybridized carbons (Fsp3) is 0.417. The third kappa shape index (κ3) is 2.97. The highest BCUT2D eigenvalue weighted by molar-refractivity contribution is 5.92. The summed E-state index contributed by atoms with van der Waals surface area (Å²) < 4.78 is 0. The molecule has 1 saturated heterocycles. The molecule has 1 aromatic rings. The number of nitrogens with zero attached hydrogens (tertiary/aromatic N) is 1. The molecule has 1 aliphatic rings. The van der Waals surface area contributed by atoms with Gasteiger partial charge in [-0.05, 0) is 18.6 Å². The van der Waals surface area contributed by atoms with Crippen LogP contribution in [0.2, 0.25) is 0 Å². The highest BCUT2D eigenvalue weighted by atomic mass is 16.2. The molecule has 6 nitrogen and oxygen atoms in total. The van der Waals surface area contributed by atoms with Gasteiger partial charge in [0.1, 0.15) is 5.69 Å². The lowest BCUT2D eigenvalue weighted by atomic mass is 10.2. The Hall–Kier alpha value is -2.11. The lowest BCUT2D eigenvalue weighted by Crippen LogP contribution is -2.38. The van der Waals surface area contributed by atoms with Crippen molar-refractivity contribution in [1.29, 1.82) is 0 Å². The van der Waals surface area contributed by atoms with Crippen LogP contribution >= 0.6 is 0 Å². The number of hydrogen-bond acceptors (Lipinski definition) is 4. The summed E-state index contributed by atoms with van der Waals surface area (Å²) in [6, 6.07) is 3.49. The number of anilines is 1. The molecule has 2 amide bonds. The molecule has 0 radical (unpaired) electrons. The Balaban J connectivity index is 1.85. The molecule has 2 heterocycles. The van der Waals surface area contributed by atoms with Gasteiger partial charge in [0.05, 0.1) is 11.9 Å². The quantitative estimate of drug-likeness (QED) is 0.707. The van der Waals surface area contributed by atoms with E-state index in [1.54, 1.807) is 25.4 Å².